The van der Waals surface area contributed by atoms with E-state index in [9.17, 15) is 35.9 Å². The number of halogens is 6. The average molecular weight is 321 g/mol. The Morgan fingerprint density at radius 1 is 1.10 bits per heavy atom. The van der Waals surface area contributed by atoms with E-state index < -0.39 is 42.6 Å². The average Bonchev–Trinajstić information content (AvgIpc) is 2.24. The molecule has 1 aliphatic rings. The number of amides is 1. The summed E-state index contributed by atoms with van der Waals surface area (Å²) in [5.74, 6) is -7.62. The molecule has 1 fully saturated rings. The second kappa shape index (κ2) is 6.10. The number of hydrogen-bond donors (Lipinski definition) is 1. The second-order valence-electron chi connectivity index (χ2n) is 4.80. The molecule has 0 aliphatic carbocycles. The number of likely N-dealkylation sites (tertiary alicyclic amines) is 1. The first kappa shape index (κ1) is 17.6. The molecule has 1 heterocycles. The van der Waals surface area contributed by atoms with E-state index in [1.165, 1.54) is 0 Å². The summed E-state index contributed by atoms with van der Waals surface area (Å²) in [6.07, 6.45) is -11.4. The first-order valence-electron chi connectivity index (χ1n) is 6.10. The van der Waals surface area contributed by atoms with Crippen LogP contribution in [0.3, 0.4) is 0 Å². The minimum Gasteiger partial charge on any atom is -0.481 e. The number of rotatable bonds is 3. The van der Waals surface area contributed by atoms with Crippen LogP contribution in [-0.2, 0) is 9.59 Å². The highest BCUT2D eigenvalue weighted by atomic mass is 19.4. The molecule has 4 nitrogen and oxygen atoms in total. The minimum atomic E-state index is -5.76. The Morgan fingerprint density at radius 2 is 1.62 bits per heavy atom. The molecule has 1 N–H and O–H groups in total. The van der Waals surface area contributed by atoms with Gasteiger partial charge in [0.25, 0.3) is 0 Å². The molecule has 1 atom stereocenters. The lowest BCUT2D eigenvalue weighted by atomic mass is 9.96. The summed E-state index contributed by atoms with van der Waals surface area (Å²) in [6, 6.07) is -1.14. The van der Waals surface area contributed by atoms with E-state index in [1.54, 1.807) is 0 Å². The molecule has 122 valence electrons. The lowest BCUT2D eigenvalue weighted by Crippen LogP contribution is -2.54. The van der Waals surface area contributed by atoms with E-state index in [4.69, 9.17) is 5.11 Å². The van der Waals surface area contributed by atoms with Crippen molar-refractivity contribution < 1.29 is 41.0 Å². The maximum atomic E-state index is 12.5. The highest BCUT2D eigenvalue weighted by molar-refractivity contribution is 5.81. The molecule has 21 heavy (non-hydrogen) atoms. The number of hydrogen-bond acceptors (Lipinski definition) is 2. The normalized spacial score (nSPS) is 20.7. The number of carbonyl (C=O) groups is 2. The number of alkyl halides is 6. The van der Waals surface area contributed by atoms with Crippen LogP contribution in [0, 0.1) is 5.92 Å². The third kappa shape index (κ3) is 4.50. The Hall–Kier alpha value is -1.48. The fraction of sp³-hybridized carbons (Fsp3) is 0.818. The van der Waals surface area contributed by atoms with Gasteiger partial charge in [-0.15, -0.1) is 0 Å². The van der Waals surface area contributed by atoms with Crippen LogP contribution >= 0.6 is 0 Å². The van der Waals surface area contributed by atoms with E-state index in [2.05, 4.69) is 0 Å². The van der Waals surface area contributed by atoms with E-state index in [0.29, 0.717) is 11.3 Å². The molecule has 0 aromatic heterocycles. The van der Waals surface area contributed by atoms with Crippen LogP contribution < -0.4 is 0 Å². The Morgan fingerprint density at radius 3 is 2.05 bits per heavy atom. The van der Waals surface area contributed by atoms with Gasteiger partial charge in [0.2, 0.25) is 11.8 Å². The van der Waals surface area contributed by atoms with Crippen molar-refractivity contribution in [2.45, 2.75) is 44.1 Å². The van der Waals surface area contributed by atoms with Gasteiger partial charge < -0.3 is 10.0 Å². The first-order valence-corrected chi connectivity index (χ1v) is 6.10. The van der Waals surface area contributed by atoms with Crippen LogP contribution in [0.4, 0.5) is 26.3 Å². The van der Waals surface area contributed by atoms with Gasteiger partial charge in [0, 0.05) is 12.6 Å². The summed E-state index contributed by atoms with van der Waals surface area (Å²) in [5.41, 5.74) is 0. The first-order chi connectivity index (χ1) is 9.44. The maximum Gasteiger partial charge on any atom is 0.409 e. The van der Waals surface area contributed by atoms with Crippen LogP contribution in [0.2, 0.25) is 0 Å². The highest BCUT2D eigenvalue weighted by Crippen LogP contribution is 2.41. The molecule has 10 heteroatoms. The van der Waals surface area contributed by atoms with E-state index in [0.717, 1.165) is 0 Å². The van der Waals surface area contributed by atoms with Crippen molar-refractivity contribution in [1.82, 2.24) is 4.90 Å². The molecule has 0 bridgehead atoms. The molecule has 1 saturated heterocycles. The number of carboxylic acid groups (broad SMARTS) is 1. The maximum absolute atomic E-state index is 12.5. The van der Waals surface area contributed by atoms with E-state index >= 15 is 0 Å². The van der Waals surface area contributed by atoms with Crippen LogP contribution in [0.25, 0.3) is 0 Å². The SMILES string of the molecule is O=C(O)CC1CCCCN1C(=O)C(C(F)(F)F)C(F)(F)F. The summed E-state index contributed by atoms with van der Waals surface area (Å²) in [4.78, 5) is 22.7. The minimum absolute atomic E-state index is 0.0699. The van der Waals surface area contributed by atoms with Crippen LogP contribution in [-0.4, -0.2) is 46.8 Å². The van der Waals surface area contributed by atoms with Gasteiger partial charge in [-0.2, -0.15) is 26.3 Å². The predicted octanol–water partition coefficient (Wildman–Crippen LogP) is 2.58. The topological polar surface area (TPSA) is 57.6 Å². The van der Waals surface area contributed by atoms with Gasteiger partial charge in [-0.05, 0) is 19.3 Å². The summed E-state index contributed by atoms with van der Waals surface area (Å²) < 4.78 is 75.2. The standard InChI is InChI=1S/C11H13F6NO3/c12-10(13,14)8(11(15,16)17)9(21)18-4-2-1-3-6(18)5-7(19)20/h6,8H,1-5H2,(H,19,20). The van der Waals surface area contributed by atoms with E-state index in [1.807, 2.05) is 0 Å². The Labute approximate surface area is 115 Å². The molecule has 1 amide bonds. The van der Waals surface area contributed by atoms with Crippen molar-refractivity contribution in [2.75, 3.05) is 6.54 Å². The number of nitrogens with zero attached hydrogens (tertiary/aromatic N) is 1. The van der Waals surface area contributed by atoms with Crippen molar-refractivity contribution >= 4 is 11.9 Å². The lowest BCUT2D eigenvalue weighted by Gasteiger charge is -2.37. The molecule has 0 aromatic rings. The Bertz CT molecular complexity index is 392. The highest BCUT2D eigenvalue weighted by Gasteiger charge is 2.62. The molecule has 0 radical (unpaired) electrons. The van der Waals surface area contributed by atoms with Gasteiger partial charge in [0.05, 0.1) is 6.42 Å². The molecule has 1 aliphatic heterocycles. The van der Waals surface area contributed by atoms with Crippen molar-refractivity contribution in [3.63, 3.8) is 0 Å². The van der Waals surface area contributed by atoms with Gasteiger partial charge in [0.1, 0.15) is 0 Å². The van der Waals surface area contributed by atoms with Crippen molar-refractivity contribution in [3.05, 3.63) is 0 Å². The van der Waals surface area contributed by atoms with Crippen molar-refractivity contribution in [1.29, 1.82) is 0 Å². The Kier molecular flexibility index (Phi) is 5.11. The van der Waals surface area contributed by atoms with Crippen LogP contribution in [0.15, 0.2) is 0 Å². The molecule has 1 rings (SSSR count). The fourth-order valence-corrected chi connectivity index (χ4v) is 2.34. The zero-order valence-electron chi connectivity index (χ0n) is 10.7. The summed E-state index contributed by atoms with van der Waals surface area (Å²) in [6.45, 7) is -0.306. The van der Waals surface area contributed by atoms with Gasteiger partial charge in [-0.3, -0.25) is 9.59 Å². The lowest BCUT2D eigenvalue weighted by molar-refractivity contribution is -0.278. The fourth-order valence-electron chi connectivity index (χ4n) is 2.34. The molecular weight excluding hydrogens is 308 g/mol. The smallest absolute Gasteiger partial charge is 0.409 e. The predicted molar refractivity (Wildman–Crippen MR) is 57.2 cm³/mol. The van der Waals surface area contributed by atoms with Gasteiger partial charge >= 0.3 is 18.3 Å². The number of carboxylic acids is 1. The molecular formula is C11H13F6NO3. The monoisotopic (exact) mass is 321 g/mol. The third-order valence-corrected chi connectivity index (χ3v) is 3.22. The molecule has 1 unspecified atom stereocenters. The summed E-state index contributed by atoms with van der Waals surface area (Å²) >= 11 is 0. The Balaban J connectivity index is 3.03. The van der Waals surface area contributed by atoms with E-state index in [-0.39, 0.29) is 19.4 Å². The van der Waals surface area contributed by atoms with Crippen molar-refractivity contribution in [2.24, 2.45) is 5.92 Å². The number of carbonyl (C=O) groups excluding carboxylic acids is 1. The molecule has 0 saturated carbocycles. The zero-order chi connectivity index (χ0) is 16.4. The molecule has 0 spiro atoms. The summed E-state index contributed by atoms with van der Waals surface area (Å²) in [5, 5.41) is 8.64. The van der Waals surface area contributed by atoms with Crippen LogP contribution in [0.5, 0.6) is 0 Å². The third-order valence-electron chi connectivity index (χ3n) is 3.22. The second-order valence-corrected chi connectivity index (χ2v) is 4.80. The van der Waals surface area contributed by atoms with Crippen LogP contribution in [0.1, 0.15) is 25.7 Å². The largest absolute Gasteiger partial charge is 0.481 e. The van der Waals surface area contributed by atoms with Gasteiger partial charge in [0.15, 0.2) is 0 Å². The summed E-state index contributed by atoms with van der Waals surface area (Å²) in [7, 11) is 0. The number of aliphatic carboxylic acids is 1. The zero-order valence-corrected chi connectivity index (χ0v) is 10.7. The molecule has 0 aromatic carbocycles. The van der Waals surface area contributed by atoms with Gasteiger partial charge in [-0.25, -0.2) is 0 Å². The number of piperidine rings is 1. The van der Waals surface area contributed by atoms with Gasteiger partial charge in [-0.1, -0.05) is 0 Å². The quantitative estimate of drug-likeness (QED) is 0.813. The van der Waals surface area contributed by atoms with Crippen molar-refractivity contribution in [3.8, 4) is 0 Å².